The summed E-state index contributed by atoms with van der Waals surface area (Å²) in [6, 6.07) is 0. The largest absolute Gasteiger partial charge is 0.472 e. The number of unbranched alkanes of at least 4 members (excludes halogenated alkanes) is 44. The van der Waals surface area contributed by atoms with Gasteiger partial charge in [0.1, 0.15) is 19.3 Å². The molecule has 0 heterocycles. The monoisotopic (exact) mass is 1340 g/mol. The van der Waals surface area contributed by atoms with Crippen LogP contribution in [0.3, 0.4) is 0 Å². The van der Waals surface area contributed by atoms with Crippen LogP contribution in [0.25, 0.3) is 0 Å². The summed E-state index contributed by atoms with van der Waals surface area (Å²) in [5.41, 5.74) is 0. The summed E-state index contributed by atoms with van der Waals surface area (Å²) in [6.07, 6.45) is 53.1. The van der Waals surface area contributed by atoms with E-state index in [0.717, 1.165) is 102 Å². The normalized spacial score (nSPS) is 14.0. The van der Waals surface area contributed by atoms with Crippen molar-refractivity contribution in [1.82, 2.24) is 0 Å². The summed E-state index contributed by atoms with van der Waals surface area (Å²) < 4.78 is 68.2. The molecule has 0 aromatic carbocycles. The summed E-state index contributed by atoms with van der Waals surface area (Å²) in [4.78, 5) is 72.4. The molecule has 0 radical (unpaired) electrons. The average Bonchev–Trinajstić information content (AvgIpc) is 3.45. The Balaban J connectivity index is 5.15. The number of carbonyl (C=O) groups is 4. The number of hydrogen-bond donors (Lipinski definition) is 3. The number of rotatable bonds is 72. The lowest BCUT2D eigenvalue weighted by molar-refractivity contribution is -0.161. The van der Waals surface area contributed by atoms with Gasteiger partial charge in [0.2, 0.25) is 0 Å². The molecule has 91 heavy (non-hydrogen) atoms. The van der Waals surface area contributed by atoms with Crippen LogP contribution < -0.4 is 0 Å². The van der Waals surface area contributed by atoms with Gasteiger partial charge >= 0.3 is 39.5 Å². The standard InChI is InChI=1S/C72H140O17P2/c1-6-9-12-15-17-19-21-23-24-25-26-27-29-35-39-43-48-53-58-72(77)89-68(62-83-70(75)56-51-46-41-37-33-31-30-32-36-40-45-49-54-65(4)5)64-87-91(80,81)85-60-66(73)59-84-90(78,79)86-63-67(61-82-69(74)55-50-44-14-11-8-3)88-71(76)57-52-47-42-38-34-28-22-20-18-16-13-10-7-2/h65-68,73H,6-64H2,1-5H3,(H,78,79)(H,80,81)/t66-,67+,68+/m0/s1. The Kier molecular flexibility index (Phi) is 64.0. The van der Waals surface area contributed by atoms with Crippen LogP contribution in [0.5, 0.6) is 0 Å². The Bertz CT molecular complexity index is 1750. The molecule has 0 rings (SSSR count). The van der Waals surface area contributed by atoms with E-state index in [1.165, 1.54) is 193 Å². The topological polar surface area (TPSA) is 237 Å². The second kappa shape index (κ2) is 65.4. The van der Waals surface area contributed by atoms with E-state index in [9.17, 15) is 43.2 Å². The highest BCUT2D eigenvalue weighted by molar-refractivity contribution is 7.47. The number of ether oxygens (including phenoxy) is 4. The fourth-order valence-electron chi connectivity index (χ4n) is 11.0. The van der Waals surface area contributed by atoms with Crippen molar-refractivity contribution in [3.8, 4) is 0 Å². The third-order valence-electron chi connectivity index (χ3n) is 16.8. The first kappa shape index (κ1) is 89.1. The molecule has 2 unspecified atom stereocenters. The Morgan fingerprint density at radius 1 is 0.297 bits per heavy atom. The molecule has 19 heteroatoms. The second-order valence-electron chi connectivity index (χ2n) is 26.5. The van der Waals surface area contributed by atoms with E-state index in [1.54, 1.807) is 0 Å². The molecule has 0 aliphatic rings. The minimum Gasteiger partial charge on any atom is -0.462 e. The molecular weight excluding hydrogens is 1200 g/mol. The molecule has 540 valence electrons. The lowest BCUT2D eigenvalue weighted by atomic mass is 10.0. The highest BCUT2D eigenvalue weighted by Gasteiger charge is 2.30. The van der Waals surface area contributed by atoms with Crippen LogP contribution in [0.4, 0.5) is 0 Å². The van der Waals surface area contributed by atoms with Gasteiger partial charge in [0.15, 0.2) is 12.2 Å². The number of esters is 4. The molecule has 0 bridgehead atoms. The molecule has 0 spiro atoms. The van der Waals surface area contributed by atoms with Crippen LogP contribution in [-0.2, 0) is 65.4 Å². The molecule has 17 nitrogen and oxygen atoms in total. The average molecular weight is 1340 g/mol. The highest BCUT2D eigenvalue weighted by Crippen LogP contribution is 2.45. The van der Waals surface area contributed by atoms with Gasteiger partial charge in [0.25, 0.3) is 0 Å². The minimum atomic E-state index is -4.95. The minimum absolute atomic E-state index is 0.107. The van der Waals surface area contributed by atoms with E-state index in [1.807, 2.05) is 0 Å². The summed E-state index contributed by atoms with van der Waals surface area (Å²) in [5.74, 6) is -1.35. The first-order valence-corrected chi connectivity index (χ1v) is 40.6. The summed E-state index contributed by atoms with van der Waals surface area (Å²) >= 11 is 0. The van der Waals surface area contributed by atoms with Gasteiger partial charge in [0.05, 0.1) is 26.4 Å². The number of carbonyl (C=O) groups excluding carboxylic acids is 4. The van der Waals surface area contributed by atoms with Crippen molar-refractivity contribution in [3.05, 3.63) is 0 Å². The van der Waals surface area contributed by atoms with Crippen LogP contribution in [0.15, 0.2) is 0 Å². The van der Waals surface area contributed by atoms with Crippen molar-refractivity contribution < 1.29 is 80.2 Å². The number of phosphoric acid groups is 2. The van der Waals surface area contributed by atoms with Crippen molar-refractivity contribution in [3.63, 3.8) is 0 Å². The van der Waals surface area contributed by atoms with E-state index in [0.29, 0.717) is 25.7 Å². The molecule has 3 N–H and O–H groups in total. The number of aliphatic hydroxyl groups excluding tert-OH is 1. The van der Waals surface area contributed by atoms with Crippen molar-refractivity contribution in [2.24, 2.45) is 5.92 Å². The van der Waals surface area contributed by atoms with E-state index in [4.69, 9.17) is 37.0 Å². The molecule has 0 saturated heterocycles. The molecular formula is C72H140O17P2. The van der Waals surface area contributed by atoms with Gasteiger partial charge in [-0.15, -0.1) is 0 Å². The van der Waals surface area contributed by atoms with Crippen molar-refractivity contribution in [2.45, 2.75) is 393 Å². The zero-order valence-electron chi connectivity index (χ0n) is 59.0. The van der Waals surface area contributed by atoms with E-state index >= 15 is 0 Å². The number of hydrogen-bond acceptors (Lipinski definition) is 15. The summed E-state index contributed by atoms with van der Waals surface area (Å²) in [5, 5.41) is 10.6. The van der Waals surface area contributed by atoms with Crippen molar-refractivity contribution >= 4 is 39.5 Å². The van der Waals surface area contributed by atoms with Gasteiger partial charge in [-0.25, -0.2) is 9.13 Å². The maximum absolute atomic E-state index is 13.0. The third kappa shape index (κ3) is 66.5. The predicted octanol–water partition coefficient (Wildman–Crippen LogP) is 20.9. The molecule has 0 aliphatic heterocycles. The zero-order chi connectivity index (χ0) is 67.0. The molecule has 0 saturated carbocycles. The molecule has 0 fully saturated rings. The maximum atomic E-state index is 13.0. The predicted molar refractivity (Wildman–Crippen MR) is 368 cm³/mol. The third-order valence-corrected chi connectivity index (χ3v) is 18.7. The highest BCUT2D eigenvalue weighted by atomic mass is 31.2. The van der Waals surface area contributed by atoms with Gasteiger partial charge in [0, 0.05) is 25.7 Å². The lowest BCUT2D eigenvalue weighted by Gasteiger charge is -2.21. The Hall–Kier alpha value is -1.94. The smallest absolute Gasteiger partial charge is 0.462 e. The molecule has 0 aliphatic carbocycles. The fourth-order valence-corrected chi connectivity index (χ4v) is 12.6. The van der Waals surface area contributed by atoms with Gasteiger partial charge in [-0.05, 0) is 31.6 Å². The molecule has 0 aromatic rings. The molecule has 0 amide bonds. The van der Waals surface area contributed by atoms with Crippen LogP contribution >= 0.6 is 15.6 Å². The summed E-state index contributed by atoms with van der Waals surface area (Å²) in [6.45, 7) is 7.19. The van der Waals surface area contributed by atoms with E-state index in [-0.39, 0.29) is 25.7 Å². The van der Waals surface area contributed by atoms with Gasteiger partial charge in [-0.3, -0.25) is 37.3 Å². The van der Waals surface area contributed by atoms with Crippen LogP contribution in [0, 0.1) is 5.92 Å². The van der Waals surface area contributed by atoms with Crippen LogP contribution in [0.1, 0.15) is 375 Å². The maximum Gasteiger partial charge on any atom is 0.472 e. The van der Waals surface area contributed by atoms with E-state index < -0.39 is 97.5 Å². The Morgan fingerprint density at radius 3 is 0.747 bits per heavy atom. The van der Waals surface area contributed by atoms with Gasteiger partial charge < -0.3 is 33.8 Å². The molecule has 0 aromatic heterocycles. The fraction of sp³-hybridized carbons (Fsp3) is 0.944. The van der Waals surface area contributed by atoms with Crippen molar-refractivity contribution in [1.29, 1.82) is 0 Å². The zero-order valence-corrected chi connectivity index (χ0v) is 60.8. The summed E-state index contributed by atoms with van der Waals surface area (Å²) in [7, 11) is -9.89. The van der Waals surface area contributed by atoms with Gasteiger partial charge in [-0.1, -0.05) is 324 Å². The Labute approximate surface area is 556 Å². The quantitative estimate of drug-likeness (QED) is 0.0222. The first-order valence-electron chi connectivity index (χ1n) is 37.6. The lowest BCUT2D eigenvalue weighted by Crippen LogP contribution is -2.30. The first-order chi connectivity index (χ1) is 44.0. The number of phosphoric ester groups is 2. The van der Waals surface area contributed by atoms with Crippen molar-refractivity contribution in [2.75, 3.05) is 39.6 Å². The van der Waals surface area contributed by atoms with Crippen LogP contribution in [-0.4, -0.2) is 96.7 Å². The second-order valence-corrected chi connectivity index (χ2v) is 29.4. The van der Waals surface area contributed by atoms with E-state index in [2.05, 4.69) is 34.6 Å². The molecule has 5 atom stereocenters. The Morgan fingerprint density at radius 2 is 0.505 bits per heavy atom. The van der Waals surface area contributed by atoms with Crippen LogP contribution in [0.2, 0.25) is 0 Å². The van der Waals surface area contributed by atoms with Gasteiger partial charge in [-0.2, -0.15) is 0 Å². The SMILES string of the molecule is CCCCCCCCCCCCCCCCCCCCC(=O)O[C@H](COC(=O)CCCCCCCCCCCCCCC(C)C)COP(=O)(O)OC[C@@H](O)COP(=O)(O)OC[C@@H](COC(=O)CCCCCCC)OC(=O)CCCCCCCCCCCCCCC. The number of aliphatic hydroxyl groups is 1.